The van der Waals surface area contributed by atoms with Crippen LogP contribution < -0.4 is 5.01 Å². The fraction of sp³-hybridized carbons (Fsp3) is 0.231. The van der Waals surface area contributed by atoms with E-state index in [0.29, 0.717) is 22.8 Å². The zero-order chi connectivity index (χ0) is 17.8. The standard InChI is InChI=1S/C13H12N8O4/c1-8-12(17-24-15-8)14-19-20(13-9(2)16-25-18-13)7-10-4-3-5-11(6-10)21(22)23/h3-6H,7H2,1-2H3. The second-order valence-corrected chi connectivity index (χ2v) is 5.02. The van der Waals surface area contributed by atoms with Gasteiger partial charge >= 0.3 is 0 Å². The lowest BCUT2D eigenvalue weighted by Gasteiger charge is -2.14. The van der Waals surface area contributed by atoms with E-state index in [4.69, 9.17) is 0 Å². The number of benzene rings is 1. The molecule has 2 heterocycles. The summed E-state index contributed by atoms with van der Waals surface area (Å²) in [7, 11) is 0. The fourth-order valence-corrected chi connectivity index (χ4v) is 1.97. The smallest absolute Gasteiger partial charge is 0.258 e. The Morgan fingerprint density at radius 3 is 2.56 bits per heavy atom. The lowest BCUT2D eigenvalue weighted by Crippen LogP contribution is -2.16. The van der Waals surface area contributed by atoms with Crippen LogP contribution in [-0.4, -0.2) is 25.5 Å². The van der Waals surface area contributed by atoms with Crippen molar-refractivity contribution >= 4 is 17.3 Å². The van der Waals surface area contributed by atoms with Crippen LogP contribution in [0.15, 0.2) is 43.9 Å². The third-order valence-electron chi connectivity index (χ3n) is 3.20. The molecule has 3 aromatic rings. The summed E-state index contributed by atoms with van der Waals surface area (Å²) in [5, 5.41) is 35.0. The van der Waals surface area contributed by atoms with Crippen LogP contribution in [-0.2, 0) is 6.54 Å². The van der Waals surface area contributed by atoms with E-state index in [1.54, 1.807) is 26.0 Å². The molecule has 0 bridgehead atoms. The predicted molar refractivity (Wildman–Crippen MR) is 81.9 cm³/mol. The van der Waals surface area contributed by atoms with Crippen LogP contribution in [0.3, 0.4) is 0 Å². The van der Waals surface area contributed by atoms with Crippen molar-refractivity contribution in [3.05, 3.63) is 51.3 Å². The van der Waals surface area contributed by atoms with Gasteiger partial charge in [-0.05, 0) is 29.7 Å². The third kappa shape index (κ3) is 3.63. The first-order valence-corrected chi connectivity index (χ1v) is 7.05. The molecule has 0 aliphatic rings. The average molecular weight is 344 g/mol. The highest BCUT2D eigenvalue weighted by molar-refractivity contribution is 5.42. The van der Waals surface area contributed by atoms with Crippen molar-refractivity contribution in [1.29, 1.82) is 0 Å². The number of hydrogen-bond acceptors (Lipinski definition) is 10. The summed E-state index contributed by atoms with van der Waals surface area (Å²) in [6.45, 7) is 3.51. The van der Waals surface area contributed by atoms with Crippen molar-refractivity contribution in [1.82, 2.24) is 20.6 Å². The molecule has 0 amide bonds. The summed E-state index contributed by atoms with van der Waals surface area (Å²) in [5.74, 6) is 0.530. The summed E-state index contributed by atoms with van der Waals surface area (Å²) >= 11 is 0. The highest BCUT2D eigenvalue weighted by atomic mass is 16.6. The second-order valence-electron chi connectivity index (χ2n) is 5.02. The van der Waals surface area contributed by atoms with Gasteiger partial charge in [0.05, 0.1) is 11.5 Å². The van der Waals surface area contributed by atoms with Crippen molar-refractivity contribution < 1.29 is 14.2 Å². The maximum absolute atomic E-state index is 10.9. The Labute approximate surface area is 140 Å². The maximum Gasteiger partial charge on any atom is 0.269 e. The molecular formula is C13H12N8O4. The Morgan fingerprint density at radius 1 is 1.16 bits per heavy atom. The SMILES string of the molecule is Cc1nonc1N=NN(Cc1cccc([N+](=O)[O-])c1)c1nonc1C. The van der Waals surface area contributed by atoms with E-state index in [0.717, 1.165) is 0 Å². The molecule has 0 unspecified atom stereocenters. The Bertz CT molecular complexity index is 918. The van der Waals surface area contributed by atoms with Gasteiger partial charge in [-0.1, -0.05) is 27.7 Å². The van der Waals surface area contributed by atoms with Gasteiger partial charge < -0.3 is 0 Å². The zero-order valence-electron chi connectivity index (χ0n) is 13.2. The molecule has 1 aromatic carbocycles. The Kier molecular flexibility index (Phi) is 4.41. The van der Waals surface area contributed by atoms with Gasteiger partial charge in [0.1, 0.15) is 11.4 Å². The number of nitrogens with zero attached hydrogens (tertiary/aromatic N) is 8. The van der Waals surface area contributed by atoms with Gasteiger partial charge in [-0.2, -0.15) is 0 Å². The van der Waals surface area contributed by atoms with E-state index in [1.165, 1.54) is 17.1 Å². The van der Waals surface area contributed by atoms with E-state index >= 15 is 0 Å². The molecule has 0 N–H and O–H groups in total. The quantitative estimate of drug-likeness (QED) is 0.373. The molecule has 25 heavy (non-hydrogen) atoms. The topological polar surface area (TPSA) is 149 Å². The van der Waals surface area contributed by atoms with Gasteiger partial charge in [0.15, 0.2) is 0 Å². The lowest BCUT2D eigenvalue weighted by atomic mass is 10.2. The molecular weight excluding hydrogens is 332 g/mol. The van der Waals surface area contributed by atoms with Crippen molar-refractivity contribution in [2.24, 2.45) is 10.3 Å². The van der Waals surface area contributed by atoms with Gasteiger partial charge in [-0.15, -0.1) is 5.11 Å². The molecule has 0 saturated carbocycles. The first-order chi connectivity index (χ1) is 12.0. The maximum atomic E-state index is 10.9. The number of hydrogen-bond donors (Lipinski definition) is 0. The number of nitro groups is 1. The summed E-state index contributed by atoms with van der Waals surface area (Å²) in [4.78, 5) is 10.5. The summed E-state index contributed by atoms with van der Waals surface area (Å²) in [6, 6.07) is 6.15. The average Bonchev–Trinajstić information content (AvgIpc) is 3.20. The van der Waals surface area contributed by atoms with Gasteiger partial charge in [-0.25, -0.2) is 14.3 Å². The fourth-order valence-electron chi connectivity index (χ4n) is 1.97. The predicted octanol–water partition coefficient (Wildman–Crippen LogP) is 2.68. The molecule has 0 radical (unpaired) electrons. The van der Waals surface area contributed by atoms with Gasteiger partial charge in [-0.3, -0.25) is 10.1 Å². The monoisotopic (exact) mass is 344 g/mol. The first-order valence-electron chi connectivity index (χ1n) is 7.05. The normalized spacial score (nSPS) is 11.1. The largest absolute Gasteiger partial charge is 0.269 e. The lowest BCUT2D eigenvalue weighted by molar-refractivity contribution is -0.384. The second kappa shape index (κ2) is 6.82. The Morgan fingerprint density at radius 2 is 1.92 bits per heavy atom. The van der Waals surface area contributed by atoms with Crippen LogP contribution >= 0.6 is 0 Å². The molecule has 128 valence electrons. The van der Waals surface area contributed by atoms with Crippen LogP contribution in [0, 0.1) is 24.0 Å². The number of anilines is 1. The van der Waals surface area contributed by atoms with Crippen molar-refractivity contribution in [3.8, 4) is 0 Å². The van der Waals surface area contributed by atoms with E-state index in [-0.39, 0.29) is 18.1 Å². The van der Waals surface area contributed by atoms with Crippen molar-refractivity contribution in [3.63, 3.8) is 0 Å². The van der Waals surface area contributed by atoms with Crippen LogP contribution in [0.4, 0.5) is 17.3 Å². The van der Waals surface area contributed by atoms with E-state index < -0.39 is 4.92 Å². The van der Waals surface area contributed by atoms with Crippen LogP contribution in [0.2, 0.25) is 0 Å². The van der Waals surface area contributed by atoms with Crippen LogP contribution in [0.1, 0.15) is 17.0 Å². The summed E-state index contributed by atoms with van der Waals surface area (Å²) in [6.07, 6.45) is 0. The van der Waals surface area contributed by atoms with Crippen molar-refractivity contribution in [2.45, 2.75) is 20.4 Å². The summed E-state index contributed by atoms with van der Waals surface area (Å²) in [5.41, 5.74) is 1.56. The molecule has 2 aromatic heterocycles. The van der Waals surface area contributed by atoms with Gasteiger partial charge in [0.25, 0.3) is 5.69 Å². The molecule has 12 nitrogen and oxygen atoms in total. The molecule has 12 heteroatoms. The van der Waals surface area contributed by atoms with Gasteiger partial charge in [0, 0.05) is 12.1 Å². The minimum atomic E-state index is -0.470. The minimum Gasteiger partial charge on any atom is -0.258 e. The van der Waals surface area contributed by atoms with Crippen LogP contribution in [0.25, 0.3) is 0 Å². The third-order valence-corrected chi connectivity index (χ3v) is 3.20. The minimum absolute atomic E-state index is 0.0269. The molecule has 0 atom stereocenters. The molecule has 0 fully saturated rings. The molecule has 3 rings (SSSR count). The number of aromatic nitrogens is 4. The van der Waals surface area contributed by atoms with Crippen molar-refractivity contribution in [2.75, 3.05) is 5.01 Å². The van der Waals surface area contributed by atoms with E-state index in [2.05, 4.69) is 40.2 Å². The molecule has 0 aliphatic heterocycles. The summed E-state index contributed by atoms with van der Waals surface area (Å²) < 4.78 is 9.25. The molecule has 0 aliphatic carbocycles. The first kappa shape index (κ1) is 16.2. The number of aryl methyl sites for hydroxylation is 2. The highest BCUT2D eigenvalue weighted by Gasteiger charge is 2.17. The zero-order valence-corrected chi connectivity index (χ0v) is 13.2. The number of nitro benzene ring substituents is 1. The Hall–Kier alpha value is -3.70. The molecule has 0 saturated heterocycles. The number of non-ortho nitro benzene ring substituents is 1. The van der Waals surface area contributed by atoms with Crippen LogP contribution in [0.5, 0.6) is 0 Å². The number of rotatable bonds is 6. The Balaban J connectivity index is 1.91. The van der Waals surface area contributed by atoms with E-state index in [1.807, 2.05) is 0 Å². The van der Waals surface area contributed by atoms with Gasteiger partial charge in [0.2, 0.25) is 11.6 Å². The van der Waals surface area contributed by atoms with E-state index in [9.17, 15) is 10.1 Å². The highest BCUT2D eigenvalue weighted by Crippen LogP contribution is 2.22. The molecule has 0 spiro atoms.